The second kappa shape index (κ2) is 7.93. The largest absolute Gasteiger partial charge is 0.453 e. The first-order valence-corrected chi connectivity index (χ1v) is 9.99. The number of nitrogens with two attached hydrogens (primary N) is 1. The third-order valence-corrected chi connectivity index (χ3v) is 5.81. The molecule has 4 rings (SSSR count). The molecule has 0 saturated heterocycles. The Labute approximate surface area is 167 Å². The second-order valence-corrected chi connectivity index (χ2v) is 8.04. The summed E-state index contributed by atoms with van der Waals surface area (Å²) >= 11 is 1.52. The molecule has 1 aliphatic carbocycles. The van der Waals surface area contributed by atoms with Gasteiger partial charge >= 0.3 is 5.97 Å². The van der Waals surface area contributed by atoms with Gasteiger partial charge < -0.3 is 15.8 Å². The molecule has 1 aliphatic rings. The summed E-state index contributed by atoms with van der Waals surface area (Å²) in [5.41, 5.74) is 7.87. The zero-order valence-electron chi connectivity index (χ0n) is 15.5. The number of hydrogen-bond acceptors (Lipinski definition) is 8. The monoisotopic (exact) mass is 395 g/mol. The standard InChI is InChI=1S/C20H21N5O2S/c1-12-7-8-15-13(9-12)10-16(28-15)18(26)27-11-17-23-19(21)25-20(24-17)22-14-5-3-2-4-6-14/h2-6,10,12H,7-9,11H2,1H3,(H3,21,22,23,24,25)/t12-/m0/s1. The summed E-state index contributed by atoms with van der Waals surface area (Å²) in [4.78, 5) is 26.8. The Hall–Kier alpha value is -3.00. The molecule has 0 unspecified atom stereocenters. The topological polar surface area (TPSA) is 103 Å². The summed E-state index contributed by atoms with van der Waals surface area (Å²) in [6.45, 7) is 2.18. The van der Waals surface area contributed by atoms with Crippen LogP contribution in [0.15, 0.2) is 36.4 Å². The molecule has 1 atom stereocenters. The molecule has 0 spiro atoms. The fourth-order valence-corrected chi connectivity index (χ4v) is 4.32. The van der Waals surface area contributed by atoms with Crippen molar-refractivity contribution in [2.75, 3.05) is 11.1 Å². The van der Waals surface area contributed by atoms with Gasteiger partial charge in [0, 0.05) is 10.6 Å². The highest BCUT2D eigenvalue weighted by Gasteiger charge is 2.21. The number of thiophene rings is 1. The lowest BCUT2D eigenvalue weighted by atomic mass is 9.90. The van der Waals surface area contributed by atoms with Crippen LogP contribution in [-0.2, 0) is 24.2 Å². The Morgan fingerprint density at radius 2 is 2.11 bits per heavy atom. The van der Waals surface area contributed by atoms with Crippen molar-refractivity contribution >= 4 is 34.9 Å². The number of esters is 1. The molecule has 28 heavy (non-hydrogen) atoms. The van der Waals surface area contributed by atoms with Crippen molar-refractivity contribution < 1.29 is 9.53 Å². The van der Waals surface area contributed by atoms with Crippen LogP contribution < -0.4 is 11.1 Å². The Balaban J connectivity index is 1.42. The minimum atomic E-state index is -0.358. The van der Waals surface area contributed by atoms with Crippen molar-refractivity contribution in [1.29, 1.82) is 0 Å². The average molecular weight is 395 g/mol. The first kappa shape index (κ1) is 18.4. The van der Waals surface area contributed by atoms with Gasteiger partial charge in [-0.25, -0.2) is 4.79 Å². The van der Waals surface area contributed by atoms with Gasteiger partial charge in [0.15, 0.2) is 12.4 Å². The van der Waals surface area contributed by atoms with Crippen molar-refractivity contribution in [2.45, 2.75) is 32.8 Å². The van der Waals surface area contributed by atoms with E-state index in [0.29, 0.717) is 22.6 Å². The predicted molar refractivity (Wildman–Crippen MR) is 109 cm³/mol. The number of aryl methyl sites for hydroxylation is 1. The molecular weight excluding hydrogens is 374 g/mol. The number of carbonyl (C=O) groups is 1. The molecule has 0 fully saturated rings. The van der Waals surface area contributed by atoms with Gasteiger partial charge in [0.2, 0.25) is 11.9 Å². The molecule has 0 aliphatic heterocycles. The summed E-state index contributed by atoms with van der Waals surface area (Å²) in [5, 5.41) is 3.06. The van der Waals surface area contributed by atoms with E-state index in [-0.39, 0.29) is 18.5 Å². The summed E-state index contributed by atoms with van der Waals surface area (Å²) in [5.74, 6) is 0.984. The number of ether oxygens (including phenoxy) is 1. The van der Waals surface area contributed by atoms with E-state index in [9.17, 15) is 4.79 Å². The molecule has 0 radical (unpaired) electrons. The SMILES string of the molecule is C[C@H]1CCc2sc(C(=O)OCc3nc(N)nc(Nc4ccccc4)n3)cc2C1. The van der Waals surface area contributed by atoms with Gasteiger partial charge in [0.25, 0.3) is 0 Å². The molecular formula is C20H21N5O2S. The molecule has 2 aromatic heterocycles. The molecule has 2 heterocycles. The number of nitrogen functional groups attached to an aromatic ring is 1. The first-order chi connectivity index (χ1) is 13.6. The Morgan fingerprint density at radius 1 is 1.29 bits per heavy atom. The van der Waals surface area contributed by atoms with Crippen LogP contribution in [0, 0.1) is 5.92 Å². The Bertz CT molecular complexity index is 990. The highest BCUT2D eigenvalue weighted by Crippen LogP contribution is 2.32. The molecule has 3 aromatic rings. The maximum atomic E-state index is 12.4. The van der Waals surface area contributed by atoms with Crippen LogP contribution >= 0.6 is 11.3 Å². The number of benzene rings is 1. The fraction of sp³-hybridized carbons (Fsp3) is 0.300. The maximum Gasteiger partial charge on any atom is 0.348 e. The number of aromatic nitrogens is 3. The summed E-state index contributed by atoms with van der Waals surface area (Å²) in [7, 11) is 0. The molecule has 8 heteroatoms. The lowest BCUT2D eigenvalue weighted by Gasteiger charge is -2.16. The lowest BCUT2D eigenvalue weighted by Crippen LogP contribution is -2.10. The van der Waals surface area contributed by atoms with E-state index in [0.717, 1.165) is 18.5 Å². The highest BCUT2D eigenvalue weighted by atomic mass is 32.1. The number of hydrogen-bond donors (Lipinski definition) is 2. The molecule has 1 aromatic carbocycles. The second-order valence-electron chi connectivity index (χ2n) is 6.91. The summed E-state index contributed by atoms with van der Waals surface area (Å²) < 4.78 is 5.41. The van der Waals surface area contributed by atoms with E-state index in [2.05, 4.69) is 27.2 Å². The van der Waals surface area contributed by atoms with Crippen molar-refractivity contribution in [3.63, 3.8) is 0 Å². The first-order valence-electron chi connectivity index (χ1n) is 9.18. The third-order valence-electron chi connectivity index (χ3n) is 4.59. The summed E-state index contributed by atoms with van der Waals surface area (Å²) in [6.07, 6.45) is 3.23. The highest BCUT2D eigenvalue weighted by molar-refractivity contribution is 7.14. The van der Waals surface area contributed by atoms with E-state index in [1.807, 2.05) is 36.4 Å². The molecule has 0 amide bonds. The van der Waals surface area contributed by atoms with Crippen LogP contribution in [-0.4, -0.2) is 20.9 Å². The molecule has 3 N–H and O–H groups in total. The predicted octanol–water partition coefficient (Wildman–Crippen LogP) is 3.74. The number of nitrogens with zero attached hydrogens (tertiary/aromatic N) is 3. The number of para-hydroxylation sites is 1. The molecule has 7 nitrogen and oxygen atoms in total. The normalized spacial score (nSPS) is 15.7. The van der Waals surface area contributed by atoms with Gasteiger partial charge in [-0.15, -0.1) is 11.3 Å². The molecule has 0 saturated carbocycles. The van der Waals surface area contributed by atoms with Crippen LogP contribution in [0.3, 0.4) is 0 Å². The van der Waals surface area contributed by atoms with Crippen molar-refractivity contribution in [1.82, 2.24) is 15.0 Å². The van der Waals surface area contributed by atoms with E-state index < -0.39 is 0 Å². The fourth-order valence-electron chi connectivity index (χ4n) is 3.22. The number of rotatable bonds is 5. The number of nitrogens with one attached hydrogen (secondary N) is 1. The van der Waals surface area contributed by atoms with Gasteiger partial charge in [-0.2, -0.15) is 15.0 Å². The van der Waals surface area contributed by atoms with Crippen LogP contribution in [0.1, 0.15) is 39.3 Å². The Morgan fingerprint density at radius 3 is 2.93 bits per heavy atom. The van der Waals surface area contributed by atoms with E-state index >= 15 is 0 Å². The van der Waals surface area contributed by atoms with E-state index in [1.165, 1.54) is 28.2 Å². The van der Waals surface area contributed by atoms with Gasteiger partial charge in [-0.3, -0.25) is 0 Å². The smallest absolute Gasteiger partial charge is 0.348 e. The Kier molecular flexibility index (Phi) is 5.21. The van der Waals surface area contributed by atoms with Gasteiger partial charge in [-0.05, 0) is 48.9 Å². The van der Waals surface area contributed by atoms with E-state index in [1.54, 1.807) is 0 Å². The average Bonchev–Trinajstić information content (AvgIpc) is 3.10. The number of carbonyl (C=O) groups excluding carboxylic acids is 1. The number of anilines is 3. The minimum Gasteiger partial charge on any atom is -0.453 e. The number of fused-ring (bicyclic) bond motifs is 1. The molecule has 144 valence electrons. The van der Waals surface area contributed by atoms with Gasteiger partial charge in [0.05, 0.1) is 0 Å². The van der Waals surface area contributed by atoms with Crippen LogP contribution in [0.25, 0.3) is 0 Å². The summed E-state index contributed by atoms with van der Waals surface area (Å²) in [6, 6.07) is 11.5. The zero-order chi connectivity index (χ0) is 19.5. The van der Waals surface area contributed by atoms with Crippen LogP contribution in [0.4, 0.5) is 17.6 Å². The van der Waals surface area contributed by atoms with E-state index in [4.69, 9.17) is 10.5 Å². The van der Waals surface area contributed by atoms with Crippen molar-refractivity contribution in [2.24, 2.45) is 5.92 Å². The molecule has 0 bridgehead atoms. The third kappa shape index (κ3) is 4.28. The van der Waals surface area contributed by atoms with Crippen molar-refractivity contribution in [3.8, 4) is 0 Å². The quantitative estimate of drug-likeness (QED) is 0.634. The lowest BCUT2D eigenvalue weighted by molar-refractivity contribution is 0.0468. The van der Waals surface area contributed by atoms with Crippen LogP contribution in [0.2, 0.25) is 0 Å². The maximum absolute atomic E-state index is 12.4. The minimum absolute atomic E-state index is 0.0615. The van der Waals surface area contributed by atoms with Crippen LogP contribution in [0.5, 0.6) is 0 Å². The zero-order valence-corrected chi connectivity index (χ0v) is 16.3. The van der Waals surface area contributed by atoms with Gasteiger partial charge in [-0.1, -0.05) is 25.1 Å². The van der Waals surface area contributed by atoms with Crippen molar-refractivity contribution in [3.05, 3.63) is 57.5 Å². The van der Waals surface area contributed by atoms with Gasteiger partial charge in [0.1, 0.15) is 4.88 Å².